The first kappa shape index (κ1) is 15.4. The molecule has 18 heavy (non-hydrogen) atoms. The Morgan fingerprint density at radius 1 is 1.44 bits per heavy atom. The Balaban J connectivity index is 2.37. The molecular formula is C14H29N3O. The van der Waals surface area contributed by atoms with Gasteiger partial charge < -0.3 is 16.0 Å². The zero-order chi connectivity index (χ0) is 13.8. The number of likely N-dealkylation sites (N-methyl/N-ethyl adjacent to an activating group) is 1. The van der Waals surface area contributed by atoms with Crippen LogP contribution >= 0.6 is 0 Å². The fraction of sp³-hybridized carbons (Fsp3) is 0.929. The molecule has 0 aromatic carbocycles. The number of hydrogen-bond acceptors (Lipinski definition) is 3. The van der Waals surface area contributed by atoms with Gasteiger partial charge in [-0.1, -0.05) is 6.42 Å². The van der Waals surface area contributed by atoms with Gasteiger partial charge in [-0.15, -0.1) is 0 Å². The quantitative estimate of drug-likeness (QED) is 0.753. The second kappa shape index (κ2) is 6.53. The van der Waals surface area contributed by atoms with Crippen molar-refractivity contribution in [2.75, 3.05) is 20.1 Å². The zero-order valence-electron chi connectivity index (χ0n) is 12.3. The average molecular weight is 255 g/mol. The molecule has 0 aromatic rings. The standard InChI is InChI=1S/C14H29N3O/c1-14(2,3)16-13(18)8-12(9-15)17(4)10-11-6-5-7-11/h11-12H,5-10,15H2,1-4H3,(H,16,18). The highest BCUT2D eigenvalue weighted by Crippen LogP contribution is 2.27. The molecule has 0 bridgehead atoms. The maximum absolute atomic E-state index is 11.9. The molecule has 1 atom stereocenters. The van der Waals surface area contributed by atoms with Gasteiger partial charge in [-0.05, 0) is 46.6 Å². The molecule has 0 spiro atoms. The Morgan fingerprint density at radius 2 is 2.06 bits per heavy atom. The molecule has 106 valence electrons. The monoisotopic (exact) mass is 255 g/mol. The molecule has 0 aromatic heterocycles. The van der Waals surface area contributed by atoms with Crippen LogP contribution in [0.4, 0.5) is 0 Å². The lowest BCUT2D eigenvalue weighted by Gasteiger charge is -2.34. The van der Waals surface area contributed by atoms with E-state index in [1.807, 2.05) is 20.8 Å². The minimum Gasteiger partial charge on any atom is -0.351 e. The van der Waals surface area contributed by atoms with Gasteiger partial charge >= 0.3 is 0 Å². The van der Waals surface area contributed by atoms with Gasteiger partial charge in [0.25, 0.3) is 0 Å². The number of nitrogens with one attached hydrogen (secondary N) is 1. The largest absolute Gasteiger partial charge is 0.351 e. The highest BCUT2D eigenvalue weighted by molar-refractivity contribution is 5.77. The van der Waals surface area contributed by atoms with Crippen LogP contribution < -0.4 is 11.1 Å². The number of carbonyl (C=O) groups is 1. The average Bonchev–Trinajstić information content (AvgIpc) is 2.17. The van der Waals surface area contributed by atoms with E-state index in [1.54, 1.807) is 0 Å². The van der Waals surface area contributed by atoms with E-state index in [4.69, 9.17) is 5.73 Å². The molecule has 0 saturated heterocycles. The van der Waals surface area contributed by atoms with E-state index in [9.17, 15) is 4.79 Å². The van der Waals surface area contributed by atoms with E-state index in [0.717, 1.165) is 12.5 Å². The van der Waals surface area contributed by atoms with Crippen LogP contribution in [0, 0.1) is 5.92 Å². The number of rotatable bonds is 6. The van der Waals surface area contributed by atoms with Crippen molar-refractivity contribution in [3.63, 3.8) is 0 Å². The lowest BCUT2D eigenvalue weighted by molar-refractivity contribution is -0.123. The molecule has 1 fully saturated rings. The Morgan fingerprint density at radius 3 is 2.44 bits per heavy atom. The Bertz CT molecular complexity index is 269. The van der Waals surface area contributed by atoms with Crippen LogP contribution in [0.2, 0.25) is 0 Å². The summed E-state index contributed by atoms with van der Waals surface area (Å²) in [6.07, 6.45) is 4.51. The number of nitrogens with zero attached hydrogens (tertiary/aromatic N) is 1. The molecule has 0 aliphatic heterocycles. The molecule has 4 nitrogen and oxygen atoms in total. The molecule has 1 saturated carbocycles. The Kier molecular flexibility index (Phi) is 5.60. The summed E-state index contributed by atoms with van der Waals surface area (Å²) in [4.78, 5) is 14.2. The SMILES string of the molecule is CN(CC1CCC1)C(CN)CC(=O)NC(C)(C)C. The zero-order valence-corrected chi connectivity index (χ0v) is 12.3. The topological polar surface area (TPSA) is 58.4 Å². The molecule has 1 rings (SSSR count). The van der Waals surface area contributed by atoms with Crippen LogP contribution in [0.3, 0.4) is 0 Å². The number of nitrogens with two attached hydrogens (primary N) is 1. The third-order valence-corrected chi connectivity index (χ3v) is 3.60. The van der Waals surface area contributed by atoms with Crippen LogP contribution in [0.5, 0.6) is 0 Å². The highest BCUT2D eigenvalue weighted by atomic mass is 16.1. The van der Waals surface area contributed by atoms with Crippen LogP contribution in [0.1, 0.15) is 46.5 Å². The third kappa shape index (κ3) is 5.36. The van der Waals surface area contributed by atoms with E-state index in [2.05, 4.69) is 17.3 Å². The molecular weight excluding hydrogens is 226 g/mol. The molecule has 1 unspecified atom stereocenters. The number of hydrogen-bond donors (Lipinski definition) is 2. The van der Waals surface area contributed by atoms with Crippen LogP contribution in [-0.2, 0) is 4.79 Å². The van der Waals surface area contributed by atoms with Crippen LogP contribution in [-0.4, -0.2) is 42.5 Å². The lowest BCUT2D eigenvalue weighted by atomic mass is 9.85. The molecule has 1 aliphatic rings. The van der Waals surface area contributed by atoms with Crippen molar-refractivity contribution >= 4 is 5.91 Å². The summed E-state index contributed by atoms with van der Waals surface area (Å²) in [5.74, 6) is 0.910. The summed E-state index contributed by atoms with van der Waals surface area (Å²) in [6.45, 7) is 7.62. The Labute approximate surface area is 111 Å². The van der Waals surface area contributed by atoms with Gasteiger partial charge in [-0.2, -0.15) is 0 Å². The summed E-state index contributed by atoms with van der Waals surface area (Å²) in [7, 11) is 2.08. The molecule has 1 amide bonds. The summed E-state index contributed by atoms with van der Waals surface area (Å²) in [5.41, 5.74) is 5.64. The molecule has 4 heteroatoms. The van der Waals surface area contributed by atoms with Crippen molar-refractivity contribution in [3.05, 3.63) is 0 Å². The number of amides is 1. The second-order valence-electron chi connectivity index (χ2n) is 6.63. The van der Waals surface area contributed by atoms with Gasteiger partial charge in [-0.3, -0.25) is 4.79 Å². The van der Waals surface area contributed by atoms with E-state index >= 15 is 0 Å². The van der Waals surface area contributed by atoms with Crippen molar-refractivity contribution in [2.24, 2.45) is 11.7 Å². The van der Waals surface area contributed by atoms with Gasteiger partial charge in [0.05, 0.1) is 0 Å². The fourth-order valence-corrected chi connectivity index (χ4v) is 2.33. The maximum Gasteiger partial charge on any atom is 0.222 e. The van der Waals surface area contributed by atoms with Crippen molar-refractivity contribution in [3.8, 4) is 0 Å². The lowest BCUT2D eigenvalue weighted by Crippen LogP contribution is -2.47. The smallest absolute Gasteiger partial charge is 0.222 e. The third-order valence-electron chi connectivity index (χ3n) is 3.60. The minimum atomic E-state index is -0.164. The highest BCUT2D eigenvalue weighted by Gasteiger charge is 2.24. The number of carbonyl (C=O) groups excluding carboxylic acids is 1. The summed E-state index contributed by atoms with van der Waals surface area (Å²) < 4.78 is 0. The van der Waals surface area contributed by atoms with E-state index < -0.39 is 0 Å². The van der Waals surface area contributed by atoms with Gasteiger partial charge in [0.1, 0.15) is 0 Å². The van der Waals surface area contributed by atoms with Crippen molar-refractivity contribution in [2.45, 2.75) is 58.0 Å². The van der Waals surface area contributed by atoms with Crippen molar-refractivity contribution < 1.29 is 4.79 Å². The molecule has 3 N–H and O–H groups in total. The molecule has 1 aliphatic carbocycles. The maximum atomic E-state index is 11.9. The molecule has 0 radical (unpaired) electrons. The second-order valence-corrected chi connectivity index (χ2v) is 6.63. The van der Waals surface area contributed by atoms with Crippen molar-refractivity contribution in [1.29, 1.82) is 0 Å². The first-order valence-electron chi connectivity index (χ1n) is 7.03. The van der Waals surface area contributed by atoms with Gasteiger partial charge in [0, 0.05) is 31.1 Å². The normalized spacial score (nSPS) is 18.6. The van der Waals surface area contributed by atoms with Gasteiger partial charge in [0.2, 0.25) is 5.91 Å². The van der Waals surface area contributed by atoms with Gasteiger partial charge in [-0.25, -0.2) is 0 Å². The van der Waals surface area contributed by atoms with Crippen LogP contribution in [0.15, 0.2) is 0 Å². The van der Waals surface area contributed by atoms with Gasteiger partial charge in [0.15, 0.2) is 0 Å². The fourth-order valence-electron chi connectivity index (χ4n) is 2.33. The minimum absolute atomic E-state index is 0.0957. The van der Waals surface area contributed by atoms with E-state index in [-0.39, 0.29) is 17.5 Å². The Hall–Kier alpha value is -0.610. The van der Waals surface area contributed by atoms with E-state index in [1.165, 1.54) is 19.3 Å². The van der Waals surface area contributed by atoms with Crippen LogP contribution in [0.25, 0.3) is 0 Å². The first-order valence-corrected chi connectivity index (χ1v) is 7.03. The first-order chi connectivity index (χ1) is 8.31. The van der Waals surface area contributed by atoms with Crippen molar-refractivity contribution in [1.82, 2.24) is 10.2 Å². The summed E-state index contributed by atoms with van der Waals surface area (Å²) in [5, 5.41) is 3.00. The summed E-state index contributed by atoms with van der Waals surface area (Å²) in [6, 6.07) is 0.160. The molecule has 0 heterocycles. The summed E-state index contributed by atoms with van der Waals surface area (Å²) >= 11 is 0. The predicted octanol–water partition coefficient (Wildman–Crippen LogP) is 1.35. The van der Waals surface area contributed by atoms with E-state index in [0.29, 0.717) is 13.0 Å². The predicted molar refractivity (Wildman–Crippen MR) is 75.3 cm³/mol.